The summed E-state index contributed by atoms with van der Waals surface area (Å²) >= 11 is 0. The molecule has 0 spiro atoms. The first kappa shape index (κ1) is 27.8. The molecule has 0 saturated carbocycles. The van der Waals surface area contributed by atoms with Gasteiger partial charge in [-0.2, -0.15) is 0 Å². The van der Waals surface area contributed by atoms with Gasteiger partial charge in [0, 0.05) is 31.7 Å². The number of ether oxygens (including phenoxy) is 3. The van der Waals surface area contributed by atoms with Crippen molar-refractivity contribution in [1.82, 2.24) is 15.5 Å². The van der Waals surface area contributed by atoms with Crippen LogP contribution in [0.25, 0.3) is 0 Å². The van der Waals surface area contributed by atoms with Crippen molar-refractivity contribution in [3.8, 4) is 11.5 Å². The summed E-state index contributed by atoms with van der Waals surface area (Å²) in [5.74, 6) is 2.48. The summed E-state index contributed by atoms with van der Waals surface area (Å²) < 4.78 is 16.6. The van der Waals surface area contributed by atoms with Crippen LogP contribution in [-0.2, 0) is 11.2 Å². The predicted molar refractivity (Wildman–Crippen MR) is 138 cm³/mol. The predicted octanol–water partition coefficient (Wildman–Crippen LogP) is 3.31. The second kappa shape index (κ2) is 15.5. The quantitative estimate of drug-likeness (QED) is 0.192. The maximum atomic E-state index is 5.68. The summed E-state index contributed by atoms with van der Waals surface area (Å²) in [5, 5.41) is 6.81. The summed E-state index contributed by atoms with van der Waals surface area (Å²) in [6.07, 6.45) is 1.98. The molecule has 1 heterocycles. The van der Waals surface area contributed by atoms with E-state index in [0.29, 0.717) is 18.7 Å². The largest absolute Gasteiger partial charge is 0.493 e. The monoisotopic (exact) mass is 548 g/mol. The lowest BCUT2D eigenvalue weighted by Crippen LogP contribution is -2.49. The van der Waals surface area contributed by atoms with Crippen LogP contribution < -0.4 is 20.1 Å². The summed E-state index contributed by atoms with van der Waals surface area (Å²) in [6.45, 7) is 14.3. The van der Waals surface area contributed by atoms with Crippen LogP contribution in [0.1, 0.15) is 39.7 Å². The molecule has 1 saturated heterocycles. The third-order valence-corrected chi connectivity index (χ3v) is 5.31. The summed E-state index contributed by atoms with van der Waals surface area (Å²) in [7, 11) is 1.67. The normalized spacial score (nSPS) is 18.1. The van der Waals surface area contributed by atoms with Crippen molar-refractivity contribution >= 4 is 29.9 Å². The van der Waals surface area contributed by atoms with Crippen LogP contribution in [-0.4, -0.2) is 76.1 Å². The maximum Gasteiger partial charge on any atom is 0.191 e. The number of rotatable bonds is 11. The van der Waals surface area contributed by atoms with E-state index in [9.17, 15) is 0 Å². The smallest absolute Gasteiger partial charge is 0.191 e. The number of benzene rings is 1. The third-order valence-electron chi connectivity index (χ3n) is 5.31. The van der Waals surface area contributed by atoms with Crippen molar-refractivity contribution in [2.45, 2.75) is 52.6 Å². The molecule has 2 atom stereocenters. The number of methoxy groups -OCH3 is 1. The average Bonchev–Trinajstić information content (AvgIpc) is 2.75. The average molecular weight is 549 g/mol. The van der Waals surface area contributed by atoms with E-state index in [1.807, 2.05) is 13.0 Å². The molecule has 0 bridgehead atoms. The highest BCUT2D eigenvalue weighted by Gasteiger charge is 2.23. The van der Waals surface area contributed by atoms with E-state index in [-0.39, 0.29) is 24.0 Å². The Balaban J connectivity index is 0.00000480. The zero-order chi connectivity index (χ0) is 21.8. The second-order valence-corrected chi connectivity index (χ2v) is 7.68. The molecule has 0 aromatic heterocycles. The summed E-state index contributed by atoms with van der Waals surface area (Å²) in [5.41, 5.74) is 1.25. The number of aliphatic imine (C=N–C) groups is 1. The maximum absolute atomic E-state index is 5.68. The van der Waals surface area contributed by atoms with Gasteiger partial charge in [-0.05, 0) is 58.2 Å². The van der Waals surface area contributed by atoms with Gasteiger partial charge < -0.3 is 24.8 Å². The Bertz CT molecular complexity index is 660. The van der Waals surface area contributed by atoms with E-state index in [0.717, 1.165) is 69.7 Å². The number of aryl methyl sites for hydroxylation is 1. The first-order valence-corrected chi connectivity index (χ1v) is 11.2. The van der Waals surface area contributed by atoms with E-state index in [4.69, 9.17) is 19.2 Å². The van der Waals surface area contributed by atoms with Gasteiger partial charge in [-0.15, -0.1) is 24.0 Å². The van der Waals surface area contributed by atoms with Crippen molar-refractivity contribution < 1.29 is 14.2 Å². The van der Waals surface area contributed by atoms with E-state index in [1.54, 1.807) is 7.11 Å². The van der Waals surface area contributed by atoms with Crippen LogP contribution in [0.3, 0.4) is 0 Å². The van der Waals surface area contributed by atoms with Crippen LogP contribution in [0.5, 0.6) is 11.5 Å². The van der Waals surface area contributed by atoms with Crippen molar-refractivity contribution in [2.75, 3.05) is 53.1 Å². The van der Waals surface area contributed by atoms with E-state index in [1.165, 1.54) is 5.56 Å². The minimum absolute atomic E-state index is 0. The fourth-order valence-corrected chi connectivity index (χ4v) is 3.71. The first-order valence-electron chi connectivity index (χ1n) is 11.2. The highest BCUT2D eigenvalue weighted by Crippen LogP contribution is 2.28. The lowest BCUT2D eigenvalue weighted by molar-refractivity contribution is -0.0165. The lowest BCUT2D eigenvalue weighted by atomic mass is 10.1. The second-order valence-electron chi connectivity index (χ2n) is 7.68. The molecule has 2 unspecified atom stereocenters. The van der Waals surface area contributed by atoms with Gasteiger partial charge in [-0.1, -0.05) is 6.07 Å². The molecule has 2 N–H and O–H groups in total. The molecule has 1 fully saturated rings. The standard InChI is InChI=1S/C23H40N4O3.HI/c1-6-24-23(26-16-18(3)27-13-14-29-17-19(27)4)25-12-8-9-20-10-11-21(28-5)22(15-20)30-7-2;/h10-11,15,18-19H,6-9,12-14,16-17H2,1-5H3,(H2,24,25,26);1H. The van der Waals surface area contributed by atoms with Crippen LogP contribution in [0.2, 0.25) is 0 Å². The minimum atomic E-state index is 0. The Morgan fingerprint density at radius 2 is 2.10 bits per heavy atom. The molecule has 178 valence electrons. The zero-order valence-electron chi connectivity index (χ0n) is 19.8. The Labute approximate surface area is 205 Å². The zero-order valence-corrected chi connectivity index (χ0v) is 22.1. The van der Waals surface area contributed by atoms with Crippen LogP contribution in [0.4, 0.5) is 0 Å². The van der Waals surface area contributed by atoms with Gasteiger partial charge in [0.15, 0.2) is 17.5 Å². The number of hydrogen-bond donors (Lipinski definition) is 2. The number of nitrogens with zero attached hydrogens (tertiary/aromatic N) is 2. The van der Waals surface area contributed by atoms with Gasteiger partial charge in [0.2, 0.25) is 0 Å². The van der Waals surface area contributed by atoms with Crippen LogP contribution >= 0.6 is 24.0 Å². The molecule has 0 aliphatic carbocycles. The summed E-state index contributed by atoms with van der Waals surface area (Å²) in [4.78, 5) is 7.29. The van der Waals surface area contributed by atoms with Crippen LogP contribution in [0, 0.1) is 0 Å². The Kier molecular flexibility index (Phi) is 13.9. The minimum Gasteiger partial charge on any atom is -0.493 e. The molecule has 0 amide bonds. The van der Waals surface area contributed by atoms with Crippen molar-refractivity contribution in [2.24, 2.45) is 4.99 Å². The number of nitrogens with one attached hydrogen (secondary N) is 2. The topological polar surface area (TPSA) is 67.4 Å². The molecular weight excluding hydrogens is 507 g/mol. The van der Waals surface area contributed by atoms with E-state index >= 15 is 0 Å². The Morgan fingerprint density at radius 1 is 1.29 bits per heavy atom. The van der Waals surface area contributed by atoms with Crippen molar-refractivity contribution in [3.05, 3.63) is 23.8 Å². The molecule has 1 aliphatic heterocycles. The third kappa shape index (κ3) is 9.41. The van der Waals surface area contributed by atoms with Gasteiger partial charge in [-0.25, -0.2) is 0 Å². The van der Waals surface area contributed by atoms with Crippen molar-refractivity contribution in [1.29, 1.82) is 0 Å². The highest BCUT2D eigenvalue weighted by atomic mass is 127. The highest BCUT2D eigenvalue weighted by molar-refractivity contribution is 14.0. The molecule has 8 heteroatoms. The van der Waals surface area contributed by atoms with Crippen molar-refractivity contribution in [3.63, 3.8) is 0 Å². The fourth-order valence-electron chi connectivity index (χ4n) is 3.71. The molecule has 2 rings (SSSR count). The molecular formula is C23H41IN4O3. The number of guanidine groups is 1. The van der Waals surface area contributed by atoms with Crippen LogP contribution in [0.15, 0.2) is 23.2 Å². The van der Waals surface area contributed by atoms with Gasteiger partial charge in [0.05, 0.1) is 33.5 Å². The molecule has 1 aliphatic rings. The van der Waals surface area contributed by atoms with Gasteiger partial charge in [-0.3, -0.25) is 9.89 Å². The molecule has 1 aromatic carbocycles. The van der Waals surface area contributed by atoms with E-state index in [2.05, 4.69) is 48.4 Å². The lowest BCUT2D eigenvalue weighted by Gasteiger charge is -2.37. The molecule has 0 radical (unpaired) electrons. The molecule has 31 heavy (non-hydrogen) atoms. The summed E-state index contributed by atoms with van der Waals surface area (Å²) in [6, 6.07) is 7.01. The Morgan fingerprint density at radius 3 is 2.77 bits per heavy atom. The van der Waals surface area contributed by atoms with Gasteiger partial charge in [0.25, 0.3) is 0 Å². The number of halogens is 1. The van der Waals surface area contributed by atoms with E-state index < -0.39 is 0 Å². The Hall–Kier alpha value is -1.26. The molecule has 1 aromatic rings. The van der Waals surface area contributed by atoms with Gasteiger partial charge >= 0.3 is 0 Å². The fraction of sp³-hybridized carbons (Fsp3) is 0.696. The molecule has 7 nitrogen and oxygen atoms in total. The first-order chi connectivity index (χ1) is 14.6. The number of morpholine rings is 1. The van der Waals surface area contributed by atoms with Gasteiger partial charge in [0.1, 0.15) is 0 Å². The SMILES string of the molecule is CCNC(=NCC(C)N1CCOCC1C)NCCCc1ccc(OC)c(OCC)c1.I. The number of hydrogen-bond acceptors (Lipinski definition) is 5.